The van der Waals surface area contributed by atoms with Gasteiger partial charge in [-0.2, -0.15) is 5.26 Å². The van der Waals surface area contributed by atoms with E-state index >= 15 is 0 Å². The van der Waals surface area contributed by atoms with Gasteiger partial charge in [0.2, 0.25) is 0 Å². The third kappa shape index (κ3) is 2.59. The number of nitrogens with zero attached hydrogens (tertiary/aromatic N) is 2. The minimum absolute atomic E-state index is 0.0105. The summed E-state index contributed by atoms with van der Waals surface area (Å²) in [5.41, 5.74) is 6.18. The second-order valence-electron chi connectivity index (χ2n) is 4.33. The summed E-state index contributed by atoms with van der Waals surface area (Å²) in [6.07, 6.45) is 1.36. The number of ether oxygens (including phenoxy) is 2. The lowest BCUT2D eigenvalue weighted by Gasteiger charge is -2.10. The fourth-order valence-corrected chi connectivity index (χ4v) is 2.03. The average molecular weight is 303 g/mol. The summed E-state index contributed by atoms with van der Waals surface area (Å²) < 4.78 is 25.1. The third-order valence-corrected chi connectivity index (χ3v) is 3.04. The lowest BCUT2D eigenvalue weighted by molar-refractivity contribution is 0.0593. The van der Waals surface area contributed by atoms with Crippen LogP contribution in [0.2, 0.25) is 0 Å². The molecule has 0 aliphatic rings. The first kappa shape index (κ1) is 15.4. The highest BCUT2D eigenvalue weighted by atomic mass is 19.1. The number of carbonyl (C=O) groups is 1. The maximum Gasteiger partial charge on any atom is 0.357 e. The van der Waals surface area contributed by atoms with Crippen LogP contribution in [0.1, 0.15) is 23.0 Å². The number of rotatable bonds is 4. The summed E-state index contributed by atoms with van der Waals surface area (Å²) in [5.74, 6) is -1.19. The molecular formula is C15H14FN3O3. The van der Waals surface area contributed by atoms with Crippen molar-refractivity contribution in [3.05, 3.63) is 41.5 Å². The van der Waals surface area contributed by atoms with Gasteiger partial charge in [-0.25, -0.2) is 9.18 Å². The molecule has 0 aliphatic heterocycles. The monoisotopic (exact) mass is 303 g/mol. The highest BCUT2D eigenvalue weighted by Gasteiger charge is 2.22. The van der Waals surface area contributed by atoms with E-state index in [0.717, 1.165) is 0 Å². The Hall–Kier alpha value is -3.01. The van der Waals surface area contributed by atoms with Crippen LogP contribution in [0.5, 0.6) is 5.75 Å². The predicted molar refractivity (Wildman–Crippen MR) is 77.4 cm³/mol. The van der Waals surface area contributed by atoms with Crippen molar-refractivity contribution in [2.75, 3.05) is 19.5 Å². The van der Waals surface area contributed by atoms with Gasteiger partial charge in [-0.1, -0.05) is 0 Å². The summed E-state index contributed by atoms with van der Waals surface area (Å²) in [4.78, 5) is 11.9. The van der Waals surface area contributed by atoms with Gasteiger partial charge in [-0.15, -0.1) is 0 Å². The molecule has 0 amide bonds. The Kier molecular flexibility index (Phi) is 4.32. The summed E-state index contributed by atoms with van der Waals surface area (Å²) in [6.45, 7) is 2.08. The van der Waals surface area contributed by atoms with Gasteiger partial charge in [-0.05, 0) is 19.1 Å². The number of aromatic nitrogens is 1. The summed E-state index contributed by atoms with van der Waals surface area (Å²) in [7, 11) is 1.20. The Morgan fingerprint density at radius 3 is 2.77 bits per heavy atom. The first-order valence-corrected chi connectivity index (χ1v) is 6.45. The van der Waals surface area contributed by atoms with E-state index < -0.39 is 11.8 Å². The van der Waals surface area contributed by atoms with E-state index in [1.807, 2.05) is 6.07 Å². The summed E-state index contributed by atoms with van der Waals surface area (Å²) in [5, 5.41) is 9.04. The quantitative estimate of drug-likeness (QED) is 0.875. The van der Waals surface area contributed by atoms with Crippen molar-refractivity contribution in [1.82, 2.24) is 4.57 Å². The van der Waals surface area contributed by atoms with E-state index in [9.17, 15) is 9.18 Å². The van der Waals surface area contributed by atoms with Crippen LogP contribution in [0.15, 0.2) is 24.4 Å². The van der Waals surface area contributed by atoms with Gasteiger partial charge in [0.1, 0.15) is 6.07 Å². The maximum atomic E-state index is 14.0. The van der Waals surface area contributed by atoms with Gasteiger partial charge in [0, 0.05) is 18.0 Å². The van der Waals surface area contributed by atoms with Crippen LogP contribution in [-0.2, 0) is 4.74 Å². The van der Waals surface area contributed by atoms with Crippen LogP contribution < -0.4 is 10.5 Å². The van der Waals surface area contributed by atoms with Crippen molar-refractivity contribution >= 4 is 11.7 Å². The second kappa shape index (κ2) is 6.18. The Morgan fingerprint density at radius 1 is 1.50 bits per heavy atom. The van der Waals surface area contributed by atoms with E-state index in [2.05, 4.69) is 4.74 Å². The molecule has 0 saturated carbocycles. The smallest absolute Gasteiger partial charge is 0.357 e. The Morgan fingerprint density at radius 2 is 2.23 bits per heavy atom. The van der Waals surface area contributed by atoms with Crippen molar-refractivity contribution < 1.29 is 18.7 Å². The van der Waals surface area contributed by atoms with E-state index in [0.29, 0.717) is 12.3 Å². The zero-order valence-electron chi connectivity index (χ0n) is 12.1. The molecule has 0 atom stereocenters. The molecule has 2 aromatic rings. The van der Waals surface area contributed by atoms with Gasteiger partial charge in [0.05, 0.1) is 25.0 Å². The first-order chi connectivity index (χ1) is 10.5. The molecule has 2 rings (SSSR count). The number of nitriles is 1. The molecule has 7 heteroatoms. The lowest BCUT2D eigenvalue weighted by atomic mass is 10.2. The molecule has 0 radical (unpaired) electrons. The number of nitrogen functional groups attached to an aromatic ring is 1. The Balaban J connectivity index is 2.60. The molecule has 22 heavy (non-hydrogen) atoms. The van der Waals surface area contributed by atoms with Crippen LogP contribution in [-0.4, -0.2) is 24.3 Å². The molecule has 1 aromatic carbocycles. The van der Waals surface area contributed by atoms with Crippen molar-refractivity contribution in [2.45, 2.75) is 6.92 Å². The Bertz CT molecular complexity index is 762. The standard InChI is InChI=1S/C15H14FN3O3/c1-3-22-12-5-4-10(6-11(12)16)19-8-9(7-17)13(18)14(19)15(20)21-2/h4-6,8H,3,18H2,1-2H3. The number of carbonyl (C=O) groups excluding carboxylic acids is 1. The summed E-state index contributed by atoms with van der Waals surface area (Å²) >= 11 is 0. The minimum Gasteiger partial charge on any atom is -0.491 e. The van der Waals surface area contributed by atoms with Crippen molar-refractivity contribution in [2.24, 2.45) is 0 Å². The molecule has 0 aliphatic carbocycles. The fraction of sp³-hybridized carbons (Fsp3) is 0.200. The highest BCUT2D eigenvalue weighted by molar-refractivity contribution is 5.95. The molecule has 6 nitrogen and oxygen atoms in total. The topological polar surface area (TPSA) is 90.3 Å². The first-order valence-electron chi connectivity index (χ1n) is 6.45. The number of nitrogens with two attached hydrogens (primary N) is 1. The normalized spacial score (nSPS) is 10.1. The average Bonchev–Trinajstić information content (AvgIpc) is 2.85. The molecule has 0 saturated heterocycles. The molecule has 1 heterocycles. The van der Waals surface area contributed by atoms with E-state index in [1.54, 1.807) is 13.0 Å². The molecular weight excluding hydrogens is 289 g/mol. The van der Waals surface area contributed by atoms with Gasteiger partial charge >= 0.3 is 5.97 Å². The van der Waals surface area contributed by atoms with Crippen LogP contribution in [0.25, 0.3) is 5.69 Å². The minimum atomic E-state index is -0.715. The zero-order valence-corrected chi connectivity index (χ0v) is 12.1. The van der Waals surface area contributed by atoms with Crippen molar-refractivity contribution in [3.8, 4) is 17.5 Å². The van der Waals surface area contributed by atoms with Gasteiger partial charge in [-0.3, -0.25) is 0 Å². The van der Waals surface area contributed by atoms with E-state index in [-0.39, 0.29) is 22.7 Å². The fourth-order valence-electron chi connectivity index (χ4n) is 2.03. The Labute approximate surface area is 126 Å². The van der Waals surface area contributed by atoms with E-state index in [1.165, 1.54) is 30.0 Å². The second-order valence-corrected chi connectivity index (χ2v) is 4.33. The van der Waals surface area contributed by atoms with Crippen LogP contribution in [0.4, 0.5) is 10.1 Å². The number of esters is 1. The molecule has 114 valence electrons. The van der Waals surface area contributed by atoms with Crippen LogP contribution in [0, 0.1) is 17.1 Å². The lowest BCUT2D eigenvalue weighted by Crippen LogP contribution is -2.11. The van der Waals surface area contributed by atoms with Gasteiger partial charge < -0.3 is 19.8 Å². The number of halogens is 1. The highest BCUT2D eigenvalue weighted by Crippen LogP contribution is 2.27. The number of methoxy groups -OCH3 is 1. The molecule has 0 bridgehead atoms. The number of benzene rings is 1. The van der Waals surface area contributed by atoms with Crippen molar-refractivity contribution in [1.29, 1.82) is 5.26 Å². The molecule has 0 unspecified atom stereocenters. The SMILES string of the molecule is CCOc1ccc(-n2cc(C#N)c(N)c2C(=O)OC)cc1F. The predicted octanol–water partition coefficient (Wildman–Crippen LogP) is 2.26. The zero-order chi connectivity index (χ0) is 16.3. The number of hydrogen-bond donors (Lipinski definition) is 1. The van der Waals surface area contributed by atoms with E-state index in [4.69, 9.17) is 15.7 Å². The van der Waals surface area contributed by atoms with Gasteiger partial charge in [0.25, 0.3) is 0 Å². The molecule has 1 aromatic heterocycles. The number of hydrogen-bond acceptors (Lipinski definition) is 5. The maximum absolute atomic E-state index is 14.0. The number of anilines is 1. The van der Waals surface area contributed by atoms with Crippen LogP contribution >= 0.6 is 0 Å². The molecule has 2 N–H and O–H groups in total. The van der Waals surface area contributed by atoms with Gasteiger partial charge in [0.15, 0.2) is 17.3 Å². The molecule has 0 fully saturated rings. The molecule has 0 spiro atoms. The summed E-state index contributed by atoms with van der Waals surface area (Å²) in [6, 6.07) is 6.07. The largest absolute Gasteiger partial charge is 0.491 e. The van der Waals surface area contributed by atoms with Crippen molar-refractivity contribution in [3.63, 3.8) is 0 Å². The third-order valence-electron chi connectivity index (χ3n) is 3.04. The van der Waals surface area contributed by atoms with Crippen LogP contribution in [0.3, 0.4) is 0 Å².